The van der Waals surface area contributed by atoms with Crippen LogP contribution in [0, 0.1) is 0 Å². The maximum Gasteiger partial charge on any atom is 0.257 e. The van der Waals surface area contributed by atoms with Gasteiger partial charge in [-0.25, -0.2) is 9.97 Å². The SMILES string of the molecule is COc1nccnc1N1CCCN(C(=O)Cc2cccs2)CC1. The number of hydrogen-bond donors (Lipinski definition) is 0. The minimum absolute atomic E-state index is 0.195. The van der Waals surface area contributed by atoms with Crippen LogP contribution in [0.2, 0.25) is 0 Å². The van der Waals surface area contributed by atoms with Gasteiger partial charge in [0.2, 0.25) is 5.91 Å². The van der Waals surface area contributed by atoms with Crippen LogP contribution in [0.5, 0.6) is 5.88 Å². The summed E-state index contributed by atoms with van der Waals surface area (Å²) in [7, 11) is 1.60. The van der Waals surface area contributed by atoms with E-state index in [2.05, 4.69) is 14.9 Å². The van der Waals surface area contributed by atoms with Gasteiger partial charge < -0.3 is 14.5 Å². The second-order valence-corrected chi connectivity index (χ2v) is 6.40. The highest BCUT2D eigenvalue weighted by atomic mass is 32.1. The molecule has 122 valence electrons. The van der Waals surface area contributed by atoms with Crippen molar-refractivity contribution in [2.75, 3.05) is 38.2 Å². The van der Waals surface area contributed by atoms with E-state index >= 15 is 0 Å². The minimum atomic E-state index is 0.195. The summed E-state index contributed by atoms with van der Waals surface area (Å²) in [6.07, 6.45) is 4.70. The van der Waals surface area contributed by atoms with Crippen molar-refractivity contribution in [3.05, 3.63) is 34.8 Å². The molecular weight excluding hydrogens is 312 g/mol. The molecule has 7 heteroatoms. The van der Waals surface area contributed by atoms with Gasteiger partial charge >= 0.3 is 0 Å². The van der Waals surface area contributed by atoms with E-state index in [0.717, 1.165) is 36.8 Å². The number of ether oxygens (including phenoxy) is 1. The zero-order valence-electron chi connectivity index (χ0n) is 13.1. The van der Waals surface area contributed by atoms with Crippen molar-refractivity contribution in [3.63, 3.8) is 0 Å². The summed E-state index contributed by atoms with van der Waals surface area (Å²) in [5, 5.41) is 2.01. The van der Waals surface area contributed by atoms with E-state index < -0.39 is 0 Å². The van der Waals surface area contributed by atoms with Gasteiger partial charge in [-0.3, -0.25) is 4.79 Å². The van der Waals surface area contributed by atoms with Gasteiger partial charge in [-0.05, 0) is 17.9 Å². The molecule has 3 heterocycles. The summed E-state index contributed by atoms with van der Waals surface area (Å²) < 4.78 is 5.29. The van der Waals surface area contributed by atoms with Crippen LogP contribution >= 0.6 is 11.3 Å². The standard InChI is InChI=1S/C16H20N4O2S/c1-22-16-15(17-5-6-18-16)20-8-3-7-19(9-10-20)14(21)12-13-4-2-11-23-13/h2,4-6,11H,3,7-10,12H2,1H3. The molecule has 0 spiro atoms. The van der Waals surface area contributed by atoms with Crippen LogP contribution in [0.3, 0.4) is 0 Å². The first-order valence-corrected chi connectivity index (χ1v) is 8.56. The van der Waals surface area contributed by atoms with Gasteiger partial charge in [-0.15, -0.1) is 11.3 Å². The van der Waals surface area contributed by atoms with Crippen LogP contribution in [0.25, 0.3) is 0 Å². The topological polar surface area (TPSA) is 58.6 Å². The molecule has 1 fully saturated rings. The second kappa shape index (κ2) is 7.41. The number of aromatic nitrogens is 2. The molecule has 0 aliphatic carbocycles. The molecule has 2 aromatic rings. The molecule has 0 radical (unpaired) electrons. The maximum atomic E-state index is 12.4. The van der Waals surface area contributed by atoms with Crippen molar-refractivity contribution in [1.29, 1.82) is 0 Å². The molecule has 6 nitrogen and oxygen atoms in total. The van der Waals surface area contributed by atoms with Crippen molar-refractivity contribution in [3.8, 4) is 5.88 Å². The first-order chi connectivity index (χ1) is 11.3. The lowest BCUT2D eigenvalue weighted by Gasteiger charge is -2.23. The number of thiophene rings is 1. The Labute approximate surface area is 139 Å². The van der Waals surface area contributed by atoms with E-state index in [4.69, 9.17) is 4.74 Å². The predicted octanol–water partition coefficient (Wildman–Crippen LogP) is 1.83. The Kier molecular flexibility index (Phi) is 5.07. The number of carbonyl (C=O) groups excluding carboxylic acids is 1. The number of hydrogen-bond acceptors (Lipinski definition) is 6. The lowest BCUT2D eigenvalue weighted by Crippen LogP contribution is -2.36. The van der Waals surface area contributed by atoms with Crippen LogP contribution in [0.4, 0.5) is 5.82 Å². The van der Waals surface area contributed by atoms with E-state index in [1.807, 2.05) is 22.4 Å². The van der Waals surface area contributed by atoms with E-state index in [0.29, 0.717) is 18.8 Å². The highest BCUT2D eigenvalue weighted by Crippen LogP contribution is 2.23. The van der Waals surface area contributed by atoms with Gasteiger partial charge in [-0.1, -0.05) is 6.07 Å². The maximum absolute atomic E-state index is 12.4. The Balaban J connectivity index is 1.64. The zero-order valence-corrected chi connectivity index (χ0v) is 14.0. The fourth-order valence-corrected chi connectivity index (χ4v) is 3.43. The van der Waals surface area contributed by atoms with Gasteiger partial charge in [0.05, 0.1) is 13.5 Å². The molecule has 0 N–H and O–H groups in total. The van der Waals surface area contributed by atoms with Crippen LogP contribution < -0.4 is 9.64 Å². The summed E-state index contributed by atoms with van der Waals surface area (Å²) >= 11 is 1.63. The number of amides is 1. The molecule has 0 unspecified atom stereocenters. The molecule has 1 saturated heterocycles. The number of nitrogens with zero attached hydrogens (tertiary/aromatic N) is 4. The Hall–Kier alpha value is -2.15. The summed E-state index contributed by atoms with van der Waals surface area (Å²) in [5.74, 6) is 1.48. The zero-order chi connectivity index (χ0) is 16.1. The van der Waals surface area contributed by atoms with Crippen LogP contribution in [0.15, 0.2) is 29.9 Å². The van der Waals surface area contributed by atoms with Crippen molar-refractivity contribution in [2.24, 2.45) is 0 Å². The van der Waals surface area contributed by atoms with E-state index in [1.165, 1.54) is 0 Å². The molecule has 0 bridgehead atoms. The van der Waals surface area contributed by atoms with Crippen molar-refractivity contribution in [1.82, 2.24) is 14.9 Å². The van der Waals surface area contributed by atoms with Crippen molar-refractivity contribution < 1.29 is 9.53 Å². The molecule has 0 aromatic carbocycles. The quantitative estimate of drug-likeness (QED) is 0.855. The van der Waals surface area contributed by atoms with Gasteiger partial charge in [0.15, 0.2) is 5.82 Å². The lowest BCUT2D eigenvalue weighted by molar-refractivity contribution is -0.130. The highest BCUT2D eigenvalue weighted by Gasteiger charge is 2.22. The number of carbonyl (C=O) groups is 1. The monoisotopic (exact) mass is 332 g/mol. The fourth-order valence-electron chi connectivity index (χ4n) is 2.73. The number of anilines is 1. The van der Waals surface area contributed by atoms with E-state index in [9.17, 15) is 4.79 Å². The third-order valence-corrected chi connectivity index (χ3v) is 4.77. The van der Waals surface area contributed by atoms with Gasteiger partial charge in [-0.2, -0.15) is 0 Å². The minimum Gasteiger partial charge on any atom is -0.478 e. The van der Waals surface area contributed by atoms with Gasteiger partial charge in [0.25, 0.3) is 5.88 Å². The number of rotatable bonds is 4. The molecule has 0 atom stereocenters. The average molecular weight is 332 g/mol. The third-order valence-electron chi connectivity index (χ3n) is 3.89. The first kappa shape index (κ1) is 15.7. The largest absolute Gasteiger partial charge is 0.478 e. The molecule has 1 aliphatic rings. The summed E-state index contributed by atoms with van der Waals surface area (Å²) in [5.41, 5.74) is 0. The van der Waals surface area contributed by atoms with E-state index in [1.54, 1.807) is 30.8 Å². The summed E-state index contributed by atoms with van der Waals surface area (Å²) in [6, 6.07) is 3.99. The normalized spacial score (nSPS) is 15.3. The summed E-state index contributed by atoms with van der Waals surface area (Å²) in [6.45, 7) is 3.07. The van der Waals surface area contributed by atoms with E-state index in [-0.39, 0.29) is 5.91 Å². The third kappa shape index (κ3) is 3.79. The highest BCUT2D eigenvalue weighted by molar-refractivity contribution is 7.10. The van der Waals surface area contributed by atoms with Crippen LogP contribution in [-0.4, -0.2) is 54.1 Å². The van der Waals surface area contributed by atoms with Gasteiger partial charge in [0.1, 0.15) is 0 Å². The Morgan fingerprint density at radius 1 is 1.26 bits per heavy atom. The van der Waals surface area contributed by atoms with Crippen molar-refractivity contribution in [2.45, 2.75) is 12.8 Å². The molecule has 1 aliphatic heterocycles. The molecule has 23 heavy (non-hydrogen) atoms. The molecule has 0 saturated carbocycles. The molecule has 1 amide bonds. The Morgan fingerprint density at radius 2 is 2.13 bits per heavy atom. The molecular formula is C16H20N4O2S. The predicted molar refractivity (Wildman–Crippen MR) is 90.0 cm³/mol. The Bertz CT molecular complexity index is 647. The molecule has 3 rings (SSSR count). The van der Waals surface area contributed by atoms with Crippen LogP contribution in [-0.2, 0) is 11.2 Å². The first-order valence-electron chi connectivity index (χ1n) is 7.68. The average Bonchev–Trinajstić information content (AvgIpc) is 2.96. The fraction of sp³-hybridized carbons (Fsp3) is 0.438. The smallest absolute Gasteiger partial charge is 0.257 e. The number of methoxy groups -OCH3 is 1. The molecule has 2 aromatic heterocycles. The Morgan fingerprint density at radius 3 is 2.91 bits per heavy atom. The van der Waals surface area contributed by atoms with Crippen LogP contribution in [0.1, 0.15) is 11.3 Å². The summed E-state index contributed by atoms with van der Waals surface area (Å²) in [4.78, 5) is 26.2. The lowest BCUT2D eigenvalue weighted by atomic mass is 10.3. The van der Waals surface area contributed by atoms with Gasteiger partial charge in [0, 0.05) is 43.4 Å². The second-order valence-electron chi connectivity index (χ2n) is 5.37. The van der Waals surface area contributed by atoms with Crippen molar-refractivity contribution >= 4 is 23.1 Å².